The quantitative estimate of drug-likeness (QED) is 0.878. The zero-order valence-electron chi connectivity index (χ0n) is 11.5. The zero-order valence-corrected chi connectivity index (χ0v) is 12.3. The molecule has 0 amide bonds. The van der Waals surface area contributed by atoms with Crippen molar-refractivity contribution in [2.75, 3.05) is 18.9 Å². The van der Waals surface area contributed by atoms with Crippen molar-refractivity contribution in [2.24, 2.45) is 0 Å². The molecule has 21 heavy (non-hydrogen) atoms. The average Bonchev–Trinajstić information content (AvgIpc) is 2.48. The lowest BCUT2D eigenvalue weighted by Gasteiger charge is -2.21. The van der Waals surface area contributed by atoms with Gasteiger partial charge in [-0.1, -0.05) is 6.07 Å². The first-order valence-corrected chi connectivity index (χ1v) is 6.84. The van der Waals surface area contributed by atoms with Crippen molar-refractivity contribution >= 4 is 23.0 Å². The summed E-state index contributed by atoms with van der Waals surface area (Å²) >= 11 is 5.20. The van der Waals surface area contributed by atoms with Gasteiger partial charge in [-0.25, -0.2) is 8.78 Å². The first-order valence-electron chi connectivity index (χ1n) is 6.43. The molecule has 1 heterocycles. The number of nitrogens with zero attached hydrogens (tertiary/aromatic N) is 2. The third-order valence-corrected chi connectivity index (χ3v) is 3.36. The second-order valence-corrected chi connectivity index (χ2v) is 4.93. The van der Waals surface area contributed by atoms with Crippen LogP contribution in [0.25, 0.3) is 0 Å². The van der Waals surface area contributed by atoms with Gasteiger partial charge in [0.15, 0.2) is 5.11 Å². The first kappa shape index (κ1) is 15.3. The van der Waals surface area contributed by atoms with Crippen LogP contribution in [0.5, 0.6) is 0 Å². The standard InChI is InChI=1S/C15H15F2N3S/c1-20(9-7-12-4-2-3-8-18-12)15(21)19-14-6-5-11(16)10-13(14)17/h2-6,8,10H,7,9H2,1H3,(H,19,21). The molecule has 6 heteroatoms. The third-order valence-electron chi connectivity index (χ3n) is 2.95. The molecule has 1 aromatic heterocycles. The minimum Gasteiger partial charge on any atom is -0.352 e. The van der Waals surface area contributed by atoms with Crippen LogP contribution in [-0.4, -0.2) is 28.6 Å². The van der Waals surface area contributed by atoms with Crippen molar-refractivity contribution in [2.45, 2.75) is 6.42 Å². The number of hydrogen-bond donors (Lipinski definition) is 1. The number of rotatable bonds is 4. The van der Waals surface area contributed by atoms with Crippen LogP contribution in [0.15, 0.2) is 42.6 Å². The van der Waals surface area contributed by atoms with E-state index in [1.807, 2.05) is 18.2 Å². The van der Waals surface area contributed by atoms with Gasteiger partial charge in [0.1, 0.15) is 11.6 Å². The van der Waals surface area contributed by atoms with E-state index >= 15 is 0 Å². The molecule has 0 unspecified atom stereocenters. The van der Waals surface area contributed by atoms with Crippen LogP contribution in [0, 0.1) is 11.6 Å². The van der Waals surface area contributed by atoms with Gasteiger partial charge in [0.25, 0.3) is 0 Å². The van der Waals surface area contributed by atoms with Crippen LogP contribution in [0.1, 0.15) is 5.69 Å². The number of hydrogen-bond acceptors (Lipinski definition) is 2. The van der Waals surface area contributed by atoms with Gasteiger partial charge in [-0.3, -0.25) is 4.98 Å². The summed E-state index contributed by atoms with van der Waals surface area (Å²) in [6.07, 6.45) is 2.46. The van der Waals surface area contributed by atoms with Crippen molar-refractivity contribution in [3.8, 4) is 0 Å². The molecule has 2 rings (SSSR count). The molecule has 0 saturated heterocycles. The van der Waals surface area contributed by atoms with Crippen LogP contribution in [0.2, 0.25) is 0 Å². The number of likely N-dealkylation sites (N-methyl/N-ethyl adjacent to an activating group) is 1. The fourth-order valence-corrected chi connectivity index (χ4v) is 1.93. The number of nitrogens with one attached hydrogen (secondary N) is 1. The van der Waals surface area contributed by atoms with Gasteiger partial charge in [0, 0.05) is 38.0 Å². The molecule has 0 fully saturated rings. The summed E-state index contributed by atoms with van der Waals surface area (Å²) in [5, 5.41) is 3.14. The predicted octanol–water partition coefficient (Wildman–Crippen LogP) is 3.23. The van der Waals surface area contributed by atoms with Crippen LogP contribution >= 0.6 is 12.2 Å². The van der Waals surface area contributed by atoms with Crippen molar-refractivity contribution < 1.29 is 8.78 Å². The Labute approximate surface area is 127 Å². The maximum absolute atomic E-state index is 13.5. The summed E-state index contributed by atoms with van der Waals surface area (Å²) in [4.78, 5) is 6.01. The Hall–Kier alpha value is -2.08. The Balaban J connectivity index is 1.90. The molecule has 1 aromatic carbocycles. The van der Waals surface area contributed by atoms with Crippen molar-refractivity contribution in [3.05, 3.63) is 59.9 Å². The highest BCUT2D eigenvalue weighted by Crippen LogP contribution is 2.15. The Bertz CT molecular complexity index is 620. The largest absolute Gasteiger partial charge is 0.352 e. The number of thiocarbonyl (C=S) groups is 1. The fraction of sp³-hybridized carbons (Fsp3) is 0.200. The molecule has 0 atom stereocenters. The van der Waals surface area contributed by atoms with Crippen molar-refractivity contribution in [3.63, 3.8) is 0 Å². The molecule has 2 aromatic rings. The summed E-state index contributed by atoms with van der Waals surface area (Å²) in [5.74, 6) is -1.29. The lowest BCUT2D eigenvalue weighted by Crippen LogP contribution is -2.33. The van der Waals surface area contributed by atoms with Gasteiger partial charge in [-0.2, -0.15) is 0 Å². The van der Waals surface area contributed by atoms with E-state index in [1.54, 1.807) is 18.1 Å². The molecular weight excluding hydrogens is 292 g/mol. The Morgan fingerprint density at radius 3 is 2.76 bits per heavy atom. The molecule has 110 valence electrons. The lowest BCUT2D eigenvalue weighted by atomic mass is 10.2. The maximum atomic E-state index is 13.5. The summed E-state index contributed by atoms with van der Waals surface area (Å²) in [5.41, 5.74) is 1.12. The normalized spacial score (nSPS) is 10.2. The molecule has 0 aliphatic carbocycles. The Kier molecular flexibility index (Phi) is 5.16. The number of benzene rings is 1. The van der Waals surface area contributed by atoms with E-state index in [9.17, 15) is 8.78 Å². The molecule has 0 radical (unpaired) electrons. The Morgan fingerprint density at radius 2 is 2.10 bits per heavy atom. The summed E-state index contributed by atoms with van der Waals surface area (Å²) in [6, 6.07) is 9.04. The SMILES string of the molecule is CN(CCc1ccccn1)C(=S)Nc1ccc(F)cc1F. The molecule has 1 N–H and O–H groups in total. The van der Waals surface area contributed by atoms with Gasteiger partial charge < -0.3 is 10.2 Å². The predicted molar refractivity (Wildman–Crippen MR) is 83.1 cm³/mol. The van der Waals surface area contributed by atoms with Gasteiger partial charge >= 0.3 is 0 Å². The van der Waals surface area contributed by atoms with E-state index in [1.165, 1.54) is 12.1 Å². The third kappa shape index (κ3) is 4.46. The number of pyridine rings is 1. The summed E-state index contributed by atoms with van der Waals surface area (Å²) in [6.45, 7) is 0.645. The van der Waals surface area contributed by atoms with E-state index in [0.717, 1.165) is 18.2 Å². The van der Waals surface area contributed by atoms with Crippen LogP contribution in [0.4, 0.5) is 14.5 Å². The Morgan fingerprint density at radius 1 is 1.29 bits per heavy atom. The van der Waals surface area contributed by atoms with E-state index in [0.29, 0.717) is 11.7 Å². The second kappa shape index (κ2) is 7.08. The molecule has 0 spiro atoms. The highest BCUT2D eigenvalue weighted by atomic mass is 32.1. The molecule has 0 aliphatic rings. The van der Waals surface area contributed by atoms with Gasteiger partial charge in [-0.05, 0) is 36.5 Å². The topological polar surface area (TPSA) is 28.2 Å². The highest BCUT2D eigenvalue weighted by Gasteiger charge is 2.09. The molecule has 3 nitrogen and oxygen atoms in total. The zero-order chi connectivity index (χ0) is 15.2. The summed E-state index contributed by atoms with van der Waals surface area (Å²) in [7, 11) is 1.81. The average molecular weight is 307 g/mol. The minimum atomic E-state index is -0.671. The molecule has 0 aliphatic heterocycles. The molecule has 0 saturated carbocycles. The van der Waals surface area contributed by atoms with Gasteiger partial charge in [0.2, 0.25) is 0 Å². The first-order chi connectivity index (χ1) is 10.1. The number of anilines is 1. The number of halogens is 2. The highest BCUT2D eigenvalue weighted by molar-refractivity contribution is 7.80. The second-order valence-electron chi connectivity index (χ2n) is 4.55. The van der Waals surface area contributed by atoms with Crippen molar-refractivity contribution in [1.29, 1.82) is 0 Å². The van der Waals surface area contributed by atoms with Crippen LogP contribution in [0.3, 0.4) is 0 Å². The monoisotopic (exact) mass is 307 g/mol. The summed E-state index contributed by atoms with van der Waals surface area (Å²) < 4.78 is 26.4. The maximum Gasteiger partial charge on any atom is 0.173 e. The van der Waals surface area contributed by atoms with E-state index in [-0.39, 0.29) is 5.69 Å². The van der Waals surface area contributed by atoms with E-state index < -0.39 is 11.6 Å². The van der Waals surface area contributed by atoms with Crippen LogP contribution < -0.4 is 5.32 Å². The van der Waals surface area contributed by atoms with E-state index in [2.05, 4.69) is 10.3 Å². The lowest BCUT2D eigenvalue weighted by molar-refractivity contribution is 0.512. The van der Waals surface area contributed by atoms with Gasteiger partial charge in [0.05, 0.1) is 5.69 Å². The smallest absolute Gasteiger partial charge is 0.173 e. The molecule has 0 bridgehead atoms. The fourth-order valence-electron chi connectivity index (χ4n) is 1.73. The van der Waals surface area contributed by atoms with Crippen LogP contribution in [-0.2, 0) is 6.42 Å². The van der Waals surface area contributed by atoms with E-state index in [4.69, 9.17) is 12.2 Å². The minimum absolute atomic E-state index is 0.158. The number of aromatic nitrogens is 1. The van der Waals surface area contributed by atoms with Gasteiger partial charge in [-0.15, -0.1) is 0 Å². The van der Waals surface area contributed by atoms with Crippen molar-refractivity contribution in [1.82, 2.24) is 9.88 Å². The molecular formula is C15H15F2N3S.